The van der Waals surface area contributed by atoms with Crippen molar-refractivity contribution >= 4 is 29.9 Å². The maximum Gasteiger partial charge on any atom is 0.416 e. The van der Waals surface area contributed by atoms with Gasteiger partial charge >= 0.3 is 6.18 Å². The standard InChI is InChI=1S/C14H17F3N6.HI/c1-18-13(20-8-12-21-9-22-23(12)2)19-7-10-4-3-5-11(6-10)14(15,16)17;/h3-6,9H,7-8H2,1-2H3,(H2,18,19,20);1H. The van der Waals surface area contributed by atoms with Crippen LogP contribution in [0.15, 0.2) is 35.6 Å². The van der Waals surface area contributed by atoms with Gasteiger partial charge in [-0.3, -0.25) is 9.67 Å². The molecule has 2 aromatic rings. The highest BCUT2D eigenvalue weighted by Crippen LogP contribution is 2.29. The Labute approximate surface area is 154 Å². The molecular formula is C14H18F3IN6. The van der Waals surface area contributed by atoms with Crippen LogP contribution in [-0.4, -0.2) is 27.8 Å². The molecule has 1 heterocycles. The van der Waals surface area contributed by atoms with Crippen molar-refractivity contribution in [2.75, 3.05) is 7.05 Å². The van der Waals surface area contributed by atoms with Crippen LogP contribution in [-0.2, 0) is 26.3 Å². The normalized spacial score (nSPS) is 11.8. The molecule has 2 N–H and O–H groups in total. The molecule has 0 aliphatic carbocycles. The van der Waals surface area contributed by atoms with Gasteiger partial charge in [0.1, 0.15) is 12.2 Å². The van der Waals surface area contributed by atoms with Gasteiger partial charge in [-0.25, -0.2) is 4.98 Å². The van der Waals surface area contributed by atoms with Crippen molar-refractivity contribution in [2.24, 2.45) is 12.0 Å². The summed E-state index contributed by atoms with van der Waals surface area (Å²) in [6.07, 6.45) is -2.91. The molecular weight excluding hydrogens is 436 g/mol. The van der Waals surface area contributed by atoms with Crippen molar-refractivity contribution < 1.29 is 13.2 Å². The topological polar surface area (TPSA) is 67.1 Å². The molecule has 0 atom stereocenters. The summed E-state index contributed by atoms with van der Waals surface area (Å²) in [5.74, 6) is 1.18. The first-order valence-electron chi connectivity index (χ1n) is 6.83. The Morgan fingerprint density at radius 3 is 2.54 bits per heavy atom. The molecule has 0 spiro atoms. The fraction of sp³-hybridized carbons (Fsp3) is 0.357. The highest BCUT2D eigenvalue weighted by molar-refractivity contribution is 14.0. The summed E-state index contributed by atoms with van der Waals surface area (Å²) in [5.41, 5.74) is -0.153. The van der Waals surface area contributed by atoms with Gasteiger partial charge in [-0.2, -0.15) is 18.3 Å². The van der Waals surface area contributed by atoms with E-state index >= 15 is 0 Å². The number of hydrogen-bond acceptors (Lipinski definition) is 3. The molecule has 0 aliphatic rings. The van der Waals surface area contributed by atoms with Gasteiger partial charge in [0.2, 0.25) is 0 Å². The van der Waals surface area contributed by atoms with Crippen LogP contribution in [0.4, 0.5) is 13.2 Å². The van der Waals surface area contributed by atoms with Crippen LogP contribution in [0.5, 0.6) is 0 Å². The predicted octanol–water partition coefficient (Wildman–Crippen LogP) is 2.32. The molecule has 6 nitrogen and oxygen atoms in total. The summed E-state index contributed by atoms with van der Waals surface area (Å²) in [6.45, 7) is 0.626. The molecule has 0 unspecified atom stereocenters. The number of nitrogens with one attached hydrogen (secondary N) is 2. The third-order valence-corrected chi connectivity index (χ3v) is 3.16. The van der Waals surface area contributed by atoms with E-state index in [-0.39, 0.29) is 30.5 Å². The Bertz CT molecular complexity index is 683. The van der Waals surface area contributed by atoms with Crippen molar-refractivity contribution in [3.8, 4) is 0 Å². The Balaban J connectivity index is 0.00000288. The predicted molar refractivity (Wildman–Crippen MR) is 94.9 cm³/mol. The van der Waals surface area contributed by atoms with Gasteiger partial charge in [0.05, 0.1) is 12.1 Å². The Morgan fingerprint density at radius 1 is 1.25 bits per heavy atom. The number of aliphatic imine (C=N–C) groups is 1. The molecule has 0 fully saturated rings. The molecule has 0 radical (unpaired) electrons. The number of benzene rings is 1. The minimum absolute atomic E-state index is 0. The van der Waals surface area contributed by atoms with Gasteiger partial charge in [-0.15, -0.1) is 24.0 Å². The van der Waals surface area contributed by atoms with Crippen LogP contribution in [0.1, 0.15) is 17.0 Å². The molecule has 10 heteroatoms. The molecule has 0 bridgehead atoms. The van der Waals surface area contributed by atoms with Gasteiger partial charge in [0.25, 0.3) is 0 Å². The van der Waals surface area contributed by atoms with E-state index in [1.807, 2.05) is 0 Å². The van der Waals surface area contributed by atoms with E-state index in [4.69, 9.17) is 0 Å². The van der Waals surface area contributed by atoms with Crippen molar-refractivity contribution in [3.63, 3.8) is 0 Å². The number of hydrogen-bond donors (Lipinski definition) is 2. The molecule has 1 aromatic heterocycles. The molecule has 0 amide bonds. The number of halogens is 4. The Morgan fingerprint density at radius 2 is 1.96 bits per heavy atom. The number of aryl methyl sites for hydroxylation is 1. The van der Waals surface area contributed by atoms with E-state index in [2.05, 4.69) is 25.7 Å². The molecule has 24 heavy (non-hydrogen) atoms. The van der Waals surface area contributed by atoms with Crippen molar-refractivity contribution in [2.45, 2.75) is 19.3 Å². The van der Waals surface area contributed by atoms with E-state index in [1.54, 1.807) is 24.8 Å². The minimum atomic E-state index is -4.35. The van der Waals surface area contributed by atoms with E-state index < -0.39 is 11.7 Å². The van der Waals surface area contributed by atoms with Gasteiger partial charge in [-0.05, 0) is 17.7 Å². The summed E-state index contributed by atoms with van der Waals surface area (Å²) in [6, 6.07) is 5.17. The smallest absolute Gasteiger partial charge is 0.352 e. The zero-order valence-corrected chi connectivity index (χ0v) is 15.5. The average Bonchev–Trinajstić information content (AvgIpc) is 2.92. The van der Waals surface area contributed by atoms with Crippen LogP contribution in [0, 0.1) is 0 Å². The number of aromatic nitrogens is 3. The summed E-state index contributed by atoms with van der Waals surface area (Å²) in [5, 5.41) is 9.93. The maximum absolute atomic E-state index is 12.7. The molecule has 1 aromatic carbocycles. The van der Waals surface area contributed by atoms with E-state index in [9.17, 15) is 13.2 Å². The Hall–Kier alpha value is -1.85. The van der Waals surface area contributed by atoms with Gasteiger partial charge < -0.3 is 10.6 Å². The number of alkyl halides is 3. The fourth-order valence-electron chi connectivity index (χ4n) is 1.91. The first-order valence-corrected chi connectivity index (χ1v) is 6.83. The first-order chi connectivity index (χ1) is 10.9. The summed E-state index contributed by atoms with van der Waals surface area (Å²) in [7, 11) is 3.35. The fourth-order valence-corrected chi connectivity index (χ4v) is 1.91. The van der Waals surface area contributed by atoms with Crippen LogP contribution < -0.4 is 10.6 Å². The maximum atomic E-state index is 12.7. The number of guanidine groups is 1. The first kappa shape index (κ1) is 20.2. The van der Waals surface area contributed by atoms with Crippen molar-refractivity contribution in [3.05, 3.63) is 47.5 Å². The third kappa shape index (κ3) is 5.65. The molecule has 2 rings (SSSR count). The highest BCUT2D eigenvalue weighted by atomic mass is 127. The zero-order valence-electron chi connectivity index (χ0n) is 13.1. The van der Waals surface area contributed by atoms with Gasteiger partial charge in [-0.1, -0.05) is 12.1 Å². The molecule has 132 valence electrons. The van der Waals surface area contributed by atoms with Crippen LogP contribution in [0.25, 0.3) is 0 Å². The van der Waals surface area contributed by atoms with Crippen molar-refractivity contribution in [1.82, 2.24) is 25.4 Å². The van der Waals surface area contributed by atoms with Gasteiger partial charge in [0, 0.05) is 20.6 Å². The van der Waals surface area contributed by atoms with Crippen molar-refractivity contribution in [1.29, 1.82) is 0 Å². The average molecular weight is 454 g/mol. The minimum Gasteiger partial charge on any atom is -0.352 e. The molecule has 0 aliphatic heterocycles. The SMILES string of the molecule is CN=C(NCc1cccc(C(F)(F)F)c1)NCc1ncnn1C.I. The van der Waals surface area contributed by atoms with E-state index in [1.165, 1.54) is 12.4 Å². The summed E-state index contributed by atoms with van der Waals surface area (Å²) in [4.78, 5) is 8.08. The number of nitrogens with zero attached hydrogens (tertiary/aromatic N) is 4. The van der Waals surface area contributed by atoms with E-state index in [0.717, 1.165) is 12.1 Å². The number of rotatable bonds is 4. The van der Waals surface area contributed by atoms with Crippen LogP contribution in [0.3, 0.4) is 0 Å². The lowest BCUT2D eigenvalue weighted by Gasteiger charge is -2.13. The third-order valence-electron chi connectivity index (χ3n) is 3.16. The molecule has 0 saturated carbocycles. The lowest BCUT2D eigenvalue weighted by Crippen LogP contribution is -2.37. The second kappa shape index (κ2) is 8.85. The second-order valence-corrected chi connectivity index (χ2v) is 4.78. The lowest BCUT2D eigenvalue weighted by atomic mass is 10.1. The monoisotopic (exact) mass is 454 g/mol. The summed E-state index contributed by atoms with van der Waals surface area (Å²) < 4.78 is 39.6. The van der Waals surface area contributed by atoms with Crippen LogP contribution >= 0.6 is 24.0 Å². The van der Waals surface area contributed by atoms with E-state index in [0.29, 0.717) is 23.9 Å². The van der Waals surface area contributed by atoms with Crippen LogP contribution in [0.2, 0.25) is 0 Å². The largest absolute Gasteiger partial charge is 0.416 e. The van der Waals surface area contributed by atoms with Gasteiger partial charge in [0.15, 0.2) is 5.96 Å². The Kier molecular flexibility index (Phi) is 7.45. The molecule has 0 saturated heterocycles. The lowest BCUT2D eigenvalue weighted by molar-refractivity contribution is -0.137. The second-order valence-electron chi connectivity index (χ2n) is 4.78. The summed E-state index contributed by atoms with van der Waals surface area (Å²) >= 11 is 0. The zero-order chi connectivity index (χ0) is 16.9. The quantitative estimate of drug-likeness (QED) is 0.423. The highest BCUT2D eigenvalue weighted by Gasteiger charge is 2.30.